The molecule has 2 aromatic rings. The van der Waals surface area contributed by atoms with Crippen LogP contribution in [0.2, 0.25) is 0 Å². The Hall–Kier alpha value is -3.40. The zero-order valence-corrected chi connectivity index (χ0v) is 13.4. The van der Waals surface area contributed by atoms with Crippen molar-refractivity contribution in [2.45, 2.75) is 6.92 Å². The maximum Gasteiger partial charge on any atom is 0.269 e. The third kappa shape index (κ3) is 3.50. The van der Waals surface area contributed by atoms with Crippen molar-refractivity contribution in [3.05, 3.63) is 57.3 Å². The average molecular weight is 325 g/mol. The quantitative estimate of drug-likeness (QED) is 0.372. The fourth-order valence-electron chi connectivity index (χ4n) is 2.14. The minimum absolute atomic E-state index is 0.00581. The van der Waals surface area contributed by atoms with Gasteiger partial charge in [0.15, 0.2) is 0 Å². The first-order valence-electron chi connectivity index (χ1n) is 7.02. The Balaban J connectivity index is 2.36. The number of non-ortho nitro benzene ring substituents is 1. The molecule has 0 unspecified atom stereocenters. The molecule has 0 aliphatic rings. The average Bonchev–Trinajstić information content (AvgIpc) is 2.99. The smallest absolute Gasteiger partial charge is 0.269 e. The van der Waals surface area contributed by atoms with Crippen molar-refractivity contribution >= 4 is 17.7 Å². The zero-order chi connectivity index (χ0) is 17.9. The molecule has 0 spiro atoms. The third-order valence-electron chi connectivity index (χ3n) is 3.36. The summed E-state index contributed by atoms with van der Waals surface area (Å²) in [6, 6.07) is 9.64. The standard InChI is InChI=1S/C17H15N3O4/c1-11-8-13(20(22)23)4-6-15(11)16-7-5-14(24-16)9-12(10-18)17(21)19(2)3/h4-9H,1-3H3/b12-9+. The van der Waals surface area contributed by atoms with Gasteiger partial charge in [-0.15, -0.1) is 0 Å². The number of furan rings is 1. The summed E-state index contributed by atoms with van der Waals surface area (Å²) in [5.41, 5.74) is 1.37. The highest BCUT2D eigenvalue weighted by Gasteiger charge is 2.14. The molecule has 1 amide bonds. The van der Waals surface area contributed by atoms with Crippen LogP contribution >= 0.6 is 0 Å². The molecule has 2 rings (SSSR count). The fourth-order valence-corrected chi connectivity index (χ4v) is 2.14. The predicted octanol–water partition coefficient (Wildman–Crippen LogP) is 3.16. The van der Waals surface area contributed by atoms with Crippen LogP contribution in [0.4, 0.5) is 5.69 Å². The number of likely N-dealkylation sites (N-methyl/N-ethyl adjacent to an activating group) is 1. The Morgan fingerprint density at radius 2 is 2.04 bits per heavy atom. The third-order valence-corrected chi connectivity index (χ3v) is 3.36. The van der Waals surface area contributed by atoms with E-state index in [1.165, 1.54) is 23.1 Å². The number of hydrogen-bond donors (Lipinski definition) is 0. The van der Waals surface area contributed by atoms with Crippen LogP contribution in [0.1, 0.15) is 11.3 Å². The molecular formula is C17H15N3O4. The van der Waals surface area contributed by atoms with Gasteiger partial charge in [0.1, 0.15) is 23.2 Å². The van der Waals surface area contributed by atoms with Crippen LogP contribution in [0.25, 0.3) is 17.4 Å². The first-order chi connectivity index (χ1) is 11.3. The maximum absolute atomic E-state index is 11.8. The van der Waals surface area contributed by atoms with Gasteiger partial charge in [-0.1, -0.05) is 0 Å². The maximum atomic E-state index is 11.8. The van der Waals surface area contributed by atoms with Crippen molar-refractivity contribution in [3.8, 4) is 17.4 Å². The first kappa shape index (κ1) is 17.0. The second-order valence-electron chi connectivity index (χ2n) is 5.33. The molecule has 0 saturated heterocycles. The van der Waals surface area contributed by atoms with Crippen molar-refractivity contribution in [2.75, 3.05) is 14.1 Å². The summed E-state index contributed by atoms with van der Waals surface area (Å²) in [7, 11) is 3.11. The lowest BCUT2D eigenvalue weighted by molar-refractivity contribution is -0.384. The molecule has 122 valence electrons. The van der Waals surface area contributed by atoms with Gasteiger partial charge in [-0.3, -0.25) is 14.9 Å². The number of carbonyl (C=O) groups excluding carboxylic acids is 1. The summed E-state index contributed by atoms with van der Waals surface area (Å²) in [6.45, 7) is 1.75. The molecular weight excluding hydrogens is 310 g/mol. The summed E-state index contributed by atoms with van der Waals surface area (Å²) in [5, 5.41) is 19.9. The van der Waals surface area contributed by atoms with Gasteiger partial charge in [-0.25, -0.2) is 0 Å². The Bertz CT molecular complexity index is 872. The second kappa shape index (κ2) is 6.79. The lowest BCUT2D eigenvalue weighted by Crippen LogP contribution is -2.22. The second-order valence-corrected chi connectivity index (χ2v) is 5.33. The predicted molar refractivity (Wildman–Crippen MR) is 87.8 cm³/mol. The molecule has 1 aromatic carbocycles. The number of rotatable bonds is 4. The van der Waals surface area contributed by atoms with Crippen LogP contribution in [-0.4, -0.2) is 29.8 Å². The molecule has 0 radical (unpaired) electrons. The van der Waals surface area contributed by atoms with Gasteiger partial charge in [0, 0.05) is 37.9 Å². The lowest BCUT2D eigenvalue weighted by atomic mass is 10.1. The molecule has 0 fully saturated rings. The summed E-state index contributed by atoms with van der Waals surface area (Å²) in [5.74, 6) is 0.444. The molecule has 7 heteroatoms. The van der Waals surface area contributed by atoms with E-state index in [0.29, 0.717) is 22.6 Å². The molecule has 0 bridgehead atoms. The van der Waals surface area contributed by atoms with Gasteiger partial charge in [0.25, 0.3) is 11.6 Å². The van der Waals surface area contributed by atoms with Gasteiger partial charge in [0.2, 0.25) is 0 Å². The van der Waals surface area contributed by atoms with E-state index in [0.717, 1.165) is 0 Å². The van der Waals surface area contributed by atoms with Crippen LogP contribution in [-0.2, 0) is 4.79 Å². The van der Waals surface area contributed by atoms with Crippen molar-refractivity contribution in [1.82, 2.24) is 4.90 Å². The van der Waals surface area contributed by atoms with E-state index >= 15 is 0 Å². The highest BCUT2D eigenvalue weighted by atomic mass is 16.6. The molecule has 1 heterocycles. The molecule has 7 nitrogen and oxygen atoms in total. The number of benzene rings is 1. The molecule has 24 heavy (non-hydrogen) atoms. The summed E-state index contributed by atoms with van der Waals surface area (Å²) in [4.78, 5) is 23.5. The zero-order valence-electron chi connectivity index (χ0n) is 13.4. The molecule has 0 atom stereocenters. The van der Waals surface area contributed by atoms with Gasteiger partial charge >= 0.3 is 0 Å². The van der Waals surface area contributed by atoms with E-state index in [1.807, 2.05) is 6.07 Å². The van der Waals surface area contributed by atoms with E-state index in [9.17, 15) is 14.9 Å². The molecule has 0 aliphatic heterocycles. The van der Waals surface area contributed by atoms with E-state index in [4.69, 9.17) is 9.68 Å². The van der Waals surface area contributed by atoms with Gasteiger partial charge < -0.3 is 9.32 Å². The number of amides is 1. The minimum atomic E-state index is -0.459. The van der Waals surface area contributed by atoms with Gasteiger partial charge in [-0.05, 0) is 30.7 Å². The number of nitrogens with zero attached hydrogens (tertiary/aromatic N) is 3. The van der Waals surface area contributed by atoms with Crippen LogP contribution in [0.5, 0.6) is 0 Å². The SMILES string of the molecule is Cc1cc([N+](=O)[O-])ccc1-c1ccc(/C=C(\C#N)C(=O)N(C)C)o1. The Morgan fingerprint density at radius 3 is 2.58 bits per heavy atom. The molecule has 0 saturated carbocycles. The minimum Gasteiger partial charge on any atom is -0.457 e. The molecule has 0 aliphatic carbocycles. The summed E-state index contributed by atoms with van der Waals surface area (Å²) >= 11 is 0. The number of nitro benzene ring substituents is 1. The Kier molecular flexibility index (Phi) is 4.80. The van der Waals surface area contributed by atoms with Crippen molar-refractivity contribution in [1.29, 1.82) is 5.26 Å². The number of nitriles is 1. The van der Waals surface area contributed by atoms with E-state index in [-0.39, 0.29) is 11.3 Å². The monoisotopic (exact) mass is 325 g/mol. The van der Waals surface area contributed by atoms with Crippen molar-refractivity contribution in [3.63, 3.8) is 0 Å². The van der Waals surface area contributed by atoms with E-state index in [2.05, 4.69) is 0 Å². The van der Waals surface area contributed by atoms with Gasteiger partial charge in [-0.2, -0.15) is 5.26 Å². The molecule has 0 N–H and O–H groups in total. The topological polar surface area (TPSA) is 100 Å². The van der Waals surface area contributed by atoms with Crippen molar-refractivity contribution in [2.24, 2.45) is 0 Å². The fraction of sp³-hybridized carbons (Fsp3) is 0.176. The summed E-state index contributed by atoms with van der Waals surface area (Å²) in [6.07, 6.45) is 1.37. The van der Waals surface area contributed by atoms with E-state index in [1.54, 1.807) is 39.2 Å². The van der Waals surface area contributed by atoms with Crippen molar-refractivity contribution < 1.29 is 14.1 Å². The van der Waals surface area contributed by atoms with Crippen LogP contribution in [0.3, 0.4) is 0 Å². The van der Waals surface area contributed by atoms with Crippen LogP contribution in [0.15, 0.2) is 40.3 Å². The normalized spacial score (nSPS) is 11.0. The Morgan fingerprint density at radius 1 is 1.33 bits per heavy atom. The number of carbonyl (C=O) groups is 1. The Labute approximate surface area is 138 Å². The lowest BCUT2D eigenvalue weighted by Gasteiger charge is -2.07. The van der Waals surface area contributed by atoms with Crippen LogP contribution < -0.4 is 0 Å². The van der Waals surface area contributed by atoms with Gasteiger partial charge in [0.05, 0.1) is 4.92 Å². The number of hydrogen-bond acceptors (Lipinski definition) is 5. The number of aryl methyl sites for hydroxylation is 1. The first-order valence-corrected chi connectivity index (χ1v) is 7.02. The highest BCUT2D eigenvalue weighted by Crippen LogP contribution is 2.29. The summed E-state index contributed by atoms with van der Waals surface area (Å²) < 4.78 is 5.65. The van der Waals surface area contributed by atoms with Crippen LogP contribution in [0, 0.1) is 28.4 Å². The highest BCUT2D eigenvalue weighted by molar-refractivity contribution is 6.01. The largest absolute Gasteiger partial charge is 0.457 e. The van der Waals surface area contributed by atoms with E-state index < -0.39 is 10.8 Å². The molecule has 1 aromatic heterocycles. The number of nitro groups is 1.